The third-order valence-electron chi connectivity index (χ3n) is 5.82. The van der Waals surface area contributed by atoms with Gasteiger partial charge in [0.05, 0.1) is 23.9 Å². The Kier molecular flexibility index (Phi) is 6.44. The van der Waals surface area contributed by atoms with Crippen molar-refractivity contribution in [3.63, 3.8) is 0 Å². The Hall–Kier alpha value is -2.18. The zero-order chi connectivity index (χ0) is 19.7. The molecule has 5 nitrogen and oxygen atoms in total. The maximum absolute atomic E-state index is 14.4. The number of hydrogen-bond acceptors (Lipinski definition) is 4. The van der Waals surface area contributed by atoms with Crippen LogP contribution in [0.15, 0.2) is 36.5 Å². The van der Waals surface area contributed by atoms with E-state index < -0.39 is 5.54 Å². The SMILES string of the molecule is CCOc1ccc(F)c(-c2ccnc([C@@H]3CC[C@]4(CC[C@H](C)NC4=O)N3)c2)c1.Cl. The van der Waals surface area contributed by atoms with E-state index in [1.54, 1.807) is 24.4 Å². The number of halogens is 2. The molecular weight excluding hydrogens is 393 g/mol. The summed E-state index contributed by atoms with van der Waals surface area (Å²) in [5, 5.41) is 6.59. The van der Waals surface area contributed by atoms with Gasteiger partial charge in [-0.3, -0.25) is 15.1 Å². The van der Waals surface area contributed by atoms with Crippen LogP contribution in [0.3, 0.4) is 0 Å². The lowest BCUT2D eigenvalue weighted by atomic mass is 9.85. The van der Waals surface area contributed by atoms with Gasteiger partial charge in [0.25, 0.3) is 0 Å². The minimum atomic E-state index is -0.505. The first-order valence-corrected chi connectivity index (χ1v) is 9.98. The molecular formula is C22H27ClFN3O2. The molecule has 0 bridgehead atoms. The standard InChI is InChI=1S/C22H26FN3O2.ClH/c1-3-28-16-4-5-18(23)17(13-16)15-8-11-24-20(12-15)19-7-10-22(26-19)9-6-14(2)25-21(22)27;/h4-5,8,11-14,19,26H,3,6-7,9-10H2,1-2H3,(H,25,27);1H/t14-,19-,22-;/m0./s1. The number of hydrogen-bond donors (Lipinski definition) is 2. The molecule has 0 unspecified atom stereocenters. The molecule has 2 aromatic rings. The fourth-order valence-electron chi connectivity index (χ4n) is 4.27. The summed E-state index contributed by atoms with van der Waals surface area (Å²) in [6.45, 7) is 4.46. The third-order valence-corrected chi connectivity index (χ3v) is 5.82. The van der Waals surface area contributed by atoms with E-state index in [0.29, 0.717) is 17.9 Å². The Balaban J connectivity index is 0.00000240. The second-order valence-corrected chi connectivity index (χ2v) is 7.77. The Bertz CT molecular complexity index is 894. The van der Waals surface area contributed by atoms with Gasteiger partial charge in [-0.15, -0.1) is 12.4 Å². The average Bonchev–Trinajstić information content (AvgIpc) is 3.13. The largest absolute Gasteiger partial charge is 0.494 e. The van der Waals surface area contributed by atoms with Gasteiger partial charge < -0.3 is 10.1 Å². The van der Waals surface area contributed by atoms with Crippen molar-refractivity contribution in [3.8, 4) is 16.9 Å². The van der Waals surface area contributed by atoms with Gasteiger partial charge in [-0.05, 0) is 75.4 Å². The Morgan fingerprint density at radius 1 is 1.24 bits per heavy atom. The van der Waals surface area contributed by atoms with Gasteiger partial charge in [-0.1, -0.05) is 0 Å². The maximum Gasteiger partial charge on any atom is 0.240 e. The van der Waals surface area contributed by atoms with E-state index in [4.69, 9.17) is 4.74 Å². The van der Waals surface area contributed by atoms with Gasteiger partial charge in [0, 0.05) is 17.8 Å². The number of amides is 1. The third kappa shape index (κ3) is 4.23. The van der Waals surface area contributed by atoms with Crippen molar-refractivity contribution in [1.29, 1.82) is 0 Å². The number of nitrogens with zero attached hydrogens (tertiary/aromatic N) is 1. The summed E-state index contributed by atoms with van der Waals surface area (Å²) in [5.74, 6) is 0.431. The van der Waals surface area contributed by atoms with E-state index in [1.165, 1.54) is 6.07 Å². The van der Waals surface area contributed by atoms with Crippen LogP contribution >= 0.6 is 12.4 Å². The first kappa shape index (κ1) is 21.5. The van der Waals surface area contributed by atoms with Gasteiger partial charge in [-0.25, -0.2) is 4.39 Å². The van der Waals surface area contributed by atoms with Crippen LogP contribution in [-0.4, -0.2) is 29.1 Å². The van der Waals surface area contributed by atoms with Crippen molar-refractivity contribution in [2.45, 2.75) is 57.2 Å². The molecule has 1 spiro atoms. The van der Waals surface area contributed by atoms with Crippen LogP contribution in [0.4, 0.5) is 4.39 Å². The summed E-state index contributed by atoms with van der Waals surface area (Å²) in [5.41, 5.74) is 1.58. The summed E-state index contributed by atoms with van der Waals surface area (Å²) >= 11 is 0. The van der Waals surface area contributed by atoms with E-state index in [-0.39, 0.29) is 36.2 Å². The van der Waals surface area contributed by atoms with Gasteiger partial charge in [0.2, 0.25) is 5.91 Å². The Labute approximate surface area is 176 Å². The molecule has 0 saturated carbocycles. The zero-order valence-corrected chi connectivity index (χ0v) is 17.5. The van der Waals surface area contributed by atoms with Gasteiger partial charge in [0.1, 0.15) is 11.6 Å². The van der Waals surface area contributed by atoms with E-state index in [9.17, 15) is 9.18 Å². The first-order valence-electron chi connectivity index (χ1n) is 9.98. The van der Waals surface area contributed by atoms with Crippen LogP contribution in [0.1, 0.15) is 51.3 Å². The lowest BCUT2D eigenvalue weighted by molar-refractivity contribution is -0.130. The molecule has 2 aliphatic rings. The normalized spacial score (nSPS) is 26.1. The van der Waals surface area contributed by atoms with Crippen LogP contribution in [0, 0.1) is 5.82 Å². The summed E-state index contributed by atoms with van der Waals surface area (Å²) in [4.78, 5) is 17.1. The van der Waals surface area contributed by atoms with Crippen molar-refractivity contribution in [3.05, 3.63) is 48.0 Å². The molecule has 1 aromatic carbocycles. The molecule has 7 heteroatoms. The maximum atomic E-state index is 14.4. The van der Waals surface area contributed by atoms with Crippen molar-refractivity contribution < 1.29 is 13.9 Å². The highest BCUT2D eigenvalue weighted by Crippen LogP contribution is 2.38. The fourth-order valence-corrected chi connectivity index (χ4v) is 4.27. The molecule has 4 rings (SSSR count). The number of piperidine rings is 1. The van der Waals surface area contributed by atoms with Gasteiger partial charge in [0.15, 0.2) is 0 Å². The highest BCUT2D eigenvalue weighted by Gasteiger charge is 2.47. The minimum absolute atomic E-state index is 0. The van der Waals surface area contributed by atoms with Crippen molar-refractivity contribution >= 4 is 18.3 Å². The quantitative estimate of drug-likeness (QED) is 0.780. The van der Waals surface area contributed by atoms with E-state index in [2.05, 4.69) is 15.6 Å². The lowest BCUT2D eigenvalue weighted by Crippen LogP contribution is -2.59. The number of pyridine rings is 1. The number of carbonyl (C=O) groups is 1. The molecule has 3 atom stereocenters. The molecule has 2 N–H and O–H groups in total. The molecule has 156 valence electrons. The van der Waals surface area contributed by atoms with Crippen LogP contribution in [0.5, 0.6) is 5.75 Å². The summed E-state index contributed by atoms with van der Waals surface area (Å²) < 4.78 is 19.9. The Morgan fingerprint density at radius 2 is 2.03 bits per heavy atom. The highest BCUT2D eigenvalue weighted by atomic mass is 35.5. The summed E-state index contributed by atoms with van der Waals surface area (Å²) in [6, 6.07) is 8.70. The number of ether oxygens (including phenoxy) is 1. The smallest absolute Gasteiger partial charge is 0.240 e. The van der Waals surface area contributed by atoms with Crippen LogP contribution in [0.2, 0.25) is 0 Å². The molecule has 2 fully saturated rings. The van der Waals surface area contributed by atoms with E-state index >= 15 is 0 Å². The van der Waals surface area contributed by atoms with Gasteiger partial charge >= 0.3 is 0 Å². The van der Waals surface area contributed by atoms with Crippen LogP contribution < -0.4 is 15.4 Å². The predicted octanol–water partition coefficient (Wildman–Crippen LogP) is 4.17. The molecule has 2 aliphatic heterocycles. The number of rotatable bonds is 4. The van der Waals surface area contributed by atoms with Crippen molar-refractivity contribution in [2.24, 2.45) is 0 Å². The molecule has 1 aromatic heterocycles. The van der Waals surface area contributed by atoms with Crippen LogP contribution in [-0.2, 0) is 4.79 Å². The predicted molar refractivity (Wildman–Crippen MR) is 113 cm³/mol. The second-order valence-electron chi connectivity index (χ2n) is 7.77. The average molecular weight is 420 g/mol. The molecule has 2 saturated heterocycles. The summed E-state index contributed by atoms with van der Waals surface area (Å²) in [6.07, 6.45) is 5.12. The zero-order valence-electron chi connectivity index (χ0n) is 16.7. The fraction of sp³-hybridized carbons (Fsp3) is 0.455. The number of aromatic nitrogens is 1. The highest BCUT2D eigenvalue weighted by molar-refractivity contribution is 5.87. The van der Waals surface area contributed by atoms with E-state index in [1.807, 2.05) is 19.9 Å². The minimum Gasteiger partial charge on any atom is -0.494 e. The monoisotopic (exact) mass is 419 g/mol. The Morgan fingerprint density at radius 3 is 2.79 bits per heavy atom. The van der Waals surface area contributed by atoms with E-state index in [0.717, 1.165) is 36.9 Å². The molecule has 0 aliphatic carbocycles. The van der Waals surface area contributed by atoms with Gasteiger partial charge in [-0.2, -0.15) is 0 Å². The molecule has 29 heavy (non-hydrogen) atoms. The van der Waals surface area contributed by atoms with Crippen LogP contribution in [0.25, 0.3) is 11.1 Å². The number of benzene rings is 1. The molecule has 3 heterocycles. The topological polar surface area (TPSA) is 63.2 Å². The number of nitrogens with one attached hydrogen (secondary N) is 2. The summed E-state index contributed by atoms with van der Waals surface area (Å²) in [7, 11) is 0. The number of carbonyl (C=O) groups excluding carboxylic acids is 1. The molecule has 0 radical (unpaired) electrons. The molecule has 1 amide bonds. The van der Waals surface area contributed by atoms with Crippen molar-refractivity contribution in [2.75, 3.05) is 6.61 Å². The first-order chi connectivity index (χ1) is 13.5. The lowest BCUT2D eigenvalue weighted by Gasteiger charge is -2.36. The second kappa shape index (κ2) is 8.67. The van der Waals surface area contributed by atoms with Crippen molar-refractivity contribution in [1.82, 2.24) is 15.6 Å².